The van der Waals surface area contributed by atoms with E-state index < -0.39 is 11.2 Å². The van der Waals surface area contributed by atoms with Crippen molar-refractivity contribution in [1.82, 2.24) is 9.80 Å². The lowest BCUT2D eigenvalue weighted by Gasteiger charge is -2.36. The Hall–Kier alpha value is -2.76. The second-order valence-electron chi connectivity index (χ2n) is 7.18. The Kier molecular flexibility index (Phi) is 4.42. The van der Waals surface area contributed by atoms with Gasteiger partial charge in [0.05, 0.1) is 5.41 Å². The number of piperazine rings is 1. The standard InChI is InChI=1S/C21H20F2N2O2/c22-17-6-4-16(5-7-17)21(8-9-21)20(27)25-12-10-24(11-13-25)19(26)15-2-1-3-18(23)14-15/h1-7,14H,8-13H2. The summed E-state index contributed by atoms with van der Waals surface area (Å²) in [5.41, 5.74) is 0.634. The summed E-state index contributed by atoms with van der Waals surface area (Å²) in [6.07, 6.45) is 1.53. The number of hydrogen-bond donors (Lipinski definition) is 0. The molecule has 2 aromatic carbocycles. The van der Waals surface area contributed by atoms with Crippen molar-refractivity contribution < 1.29 is 18.4 Å². The smallest absolute Gasteiger partial charge is 0.254 e. The van der Waals surface area contributed by atoms with Crippen molar-refractivity contribution in [3.05, 3.63) is 71.3 Å². The van der Waals surface area contributed by atoms with Crippen LogP contribution in [0.1, 0.15) is 28.8 Å². The number of hydrogen-bond acceptors (Lipinski definition) is 2. The minimum Gasteiger partial charge on any atom is -0.338 e. The minimum absolute atomic E-state index is 0.0481. The lowest BCUT2D eigenvalue weighted by Crippen LogP contribution is -2.53. The molecule has 0 radical (unpaired) electrons. The van der Waals surface area contributed by atoms with Gasteiger partial charge in [0, 0.05) is 31.7 Å². The van der Waals surface area contributed by atoms with Crippen molar-refractivity contribution in [2.24, 2.45) is 0 Å². The number of nitrogens with zero attached hydrogens (tertiary/aromatic N) is 2. The molecule has 2 amide bonds. The van der Waals surface area contributed by atoms with Crippen LogP contribution in [-0.4, -0.2) is 47.8 Å². The van der Waals surface area contributed by atoms with Gasteiger partial charge in [-0.3, -0.25) is 9.59 Å². The number of rotatable bonds is 3. The molecule has 2 aliphatic rings. The van der Waals surface area contributed by atoms with E-state index in [1.165, 1.54) is 30.3 Å². The molecule has 0 atom stereocenters. The number of amides is 2. The summed E-state index contributed by atoms with van der Waals surface area (Å²) in [7, 11) is 0. The van der Waals surface area contributed by atoms with Crippen molar-refractivity contribution in [1.29, 1.82) is 0 Å². The van der Waals surface area contributed by atoms with Gasteiger partial charge in [-0.05, 0) is 48.7 Å². The van der Waals surface area contributed by atoms with E-state index in [2.05, 4.69) is 0 Å². The first kappa shape index (κ1) is 17.6. The van der Waals surface area contributed by atoms with Crippen molar-refractivity contribution in [2.75, 3.05) is 26.2 Å². The van der Waals surface area contributed by atoms with Gasteiger partial charge in [-0.2, -0.15) is 0 Å². The number of halogens is 2. The van der Waals surface area contributed by atoms with Gasteiger partial charge in [-0.15, -0.1) is 0 Å². The van der Waals surface area contributed by atoms with Gasteiger partial charge < -0.3 is 9.80 Å². The van der Waals surface area contributed by atoms with E-state index in [0.717, 1.165) is 18.4 Å². The van der Waals surface area contributed by atoms with E-state index in [0.29, 0.717) is 31.7 Å². The number of carbonyl (C=O) groups is 2. The van der Waals surface area contributed by atoms with E-state index in [4.69, 9.17) is 0 Å². The normalized spacial score (nSPS) is 18.3. The van der Waals surface area contributed by atoms with Crippen LogP contribution in [0.2, 0.25) is 0 Å². The minimum atomic E-state index is -0.539. The molecule has 2 aromatic rings. The fourth-order valence-electron chi connectivity index (χ4n) is 3.74. The Balaban J connectivity index is 1.41. The predicted molar refractivity (Wildman–Crippen MR) is 96.2 cm³/mol. The van der Waals surface area contributed by atoms with Crippen LogP contribution in [0.4, 0.5) is 8.78 Å². The highest BCUT2D eigenvalue weighted by Crippen LogP contribution is 2.49. The van der Waals surface area contributed by atoms with Crippen LogP contribution < -0.4 is 0 Å². The quantitative estimate of drug-likeness (QED) is 0.834. The molecule has 4 nitrogen and oxygen atoms in total. The zero-order chi connectivity index (χ0) is 19.0. The van der Waals surface area contributed by atoms with Crippen LogP contribution in [0.25, 0.3) is 0 Å². The summed E-state index contributed by atoms with van der Waals surface area (Å²) < 4.78 is 26.5. The maximum atomic E-state index is 13.3. The van der Waals surface area contributed by atoms with Crippen molar-refractivity contribution in [2.45, 2.75) is 18.3 Å². The molecule has 1 saturated heterocycles. The monoisotopic (exact) mass is 370 g/mol. The van der Waals surface area contributed by atoms with E-state index in [1.807, 2.05) is 0 Å². The highest BCUT2D eigenvalue weighted by atomic mass is 19.1. The van der Waals surface area contributed by atoms with E-state index in [1.54, 1.807) is 28.0 Å². The molecule has 6 heteroatoms. The molecule has 0 aromatic heterocycles. The highest BCUT2D eigenvalue weighted by Gasteiger charge is 2.53. The first-order valence-corrected chi connectivity index (χ1v) is 9.10. The number of carbonyl (C=O) groups excluding carboxylic acids is 2. The average molecular weight is 370 g/mol. The van der Waals surface area contributed by atoms with Gasteiger partial charge in [-0.25, -0.2) is 8.78 Å². The molecule has 1 saturated carbocycles. The second kappa shape index (κ2) is 6.76. The molecule has 140 valence electrons. The van der Waals surface area contributed by atoms with E-state index >= 15 is 0 Å². The molecule has 1 aliphatic heterocycles. The largest absolute Gasteiger partial charge is 0.338 e. The van der Waals surface area contributed by atoms with Gasteiger partial charge >= 0.3 is 0 Å². The van der Waals surface area contributed by atoms with Gasteiger partial charge in [0.15, 0.2) is 0 Å². The predicted octanol–water partition coefficient (Wildman–Crippen LogP) is 2.98. The van der Waals surface area contributed by atoms with Gasteiger partial charge in [0.25, 0.3) is 5.91 Å². The average Bonchev–Trinajstić information content (AvgIpc) is 3.49. The Morgan fingerprint density at radius 2 is 1.44 bits per heavy atom. The topological polar surface area (TPSA) is 40.6 Å². The zero-order valence-electron chi connectivity index (χ0n) is 14.8. The van der Waals surface area contributed by atoms with E-state index in [9.17, 15) is 18.4 Å². The van der Waals surface area contributed by atoms with Crippen molar-refractivity contribution in [3.8, 4) is 0 Å². The zero-order valence-corrected chi connectivity index (χ0v) is 14.8. The first-order valence-electron chi connectivity index (χ1n) is 9.10. The Morgan fingerprint density at radius 3 is 2.04 bits per heavy atom. The summed E-state index contributed by atoms with van der Waals surface area (Å²) in [6, 6.07) is 11.8. The fraction of sp³-hybridized carbons (Fsp3) is 0.333. The summed E-state index contributed by atoms with van der Waals surface area (Å²) >= 11 is 0. The molecule has 27 heavy (non-hydrogen) atoms. The second-order valence-corrected chi connectivity index (χ2v) is 7.18. The molecule has 1 aliphatic carbocycles. The molecule has 4 rings (SSSR count). The maximum Gasteiger partial charge on any atom is 0.254 e. The van der Waals surface area contributed by atoms with Gasteiger partial charge in [-0.1, -0.05) is 18.2 Å². The summed E-state index contributed by atoms with van der Waals surface area (Å²) in [5.74, 6) is -0.927. The SMILES string of the molecule is O=C(c1cccc(F)c1)N1CCN(C(=O)C2(c3ccc(F)cc3)CC2)CC1. The Bertz CT molecular complexity index is 870. The Morgan fingerprint density at radius 1 is 0.815 bits per heavy atom. The lowest BCUT2D eigenvalue weighted by molar-refractivity contribution is -0.135. The van der Waals surface area contributed by atoms with Crippen LogP contribution in [0, 0.1) is 11.6 Å². The third kappa shape index (κ3) is 3.31. The molecular formula is C21H20F2N2O2. The number of benzene rings is 2. The first-order chi connectivity index (χ1) is 13.0. The summed E-state index contributed by atoms with van der Waals surface area (Å²) in [4.78, 5) is 29.0. The van der Waals surface area contributed by atoms with Crippen molar-refractivity contribution >= 4 is 11.8 Å². The summed E-state index contributed by atoms with van der Waals surface area (Å²) in [6.45, 7) is 1.73. The summed E-state index contributed by atoms with van der Waals surface area (Å²) in [5, 5.41) is 0. The van der Waals surface area contributed by atoms with Crippen LogP contribution in [0.15, 0.2) is 48.5 Å². The molecule has 1 heterocycles. The Labute approximate surface area is 156 Å². The fourth-order valence-corrected chi connectivity index (χ4v) is 3.74. The third-order valence-corrected chi connectivity index (χ3v) is 5.48. The van der Waals surface area contributed by atoms with Gasteiger partial charge in [0.1, 0.15) is 11.6 Å². The highest BCUT2D eigenvalue weighted by molar-refractivity contribution is 5.95. The van der Waals surface area contributed by atoms with Crippen molar-refractivity contribution in [3.63, 3.8) is 0 Å². The van der Waals surface area contributed by atoms with Crippen LogP contribution in [0.5, 0.6) is 0 Å². The van der Waals surface area contributed by atoms with E-state index in [-0.39, 0.29) is 17.6 Å². The van der Waals surface area contributed by atoms with Crippen LogP contribution >= 0.6 is 0 Å². The molecule has 0 bridgehead atoms. The molecule has 0 unspecified atom stereocenters. The molecule has 0 N–H and O–H groups in total. The van der Waals surface area contributed by atoms with Gasteiger partial charge in [0.2, 0.25) is 5.91 Å². The molecular weight excluding hydrogens is 350 g/mol. The third-order valence-electron chi connectivity index (χ3n) is 5.48. The molecule has 0 spiro atoms. The van der Waals surface area contributed by atoms with Crippen LogP contribution in [-0.2, 0) is 10.2 Å². The molecule has 2 fully saturated rings. The maximum absolute atomic E-state index is 13.3. The van der Waals surface area contributed by atoms with Crippen LogP contribution in [0.3, 0.4) is 0 Å². The lowest BCUT2D eigenvalue weighted by atomic mass is 9.94.